The van der Waals surface area contributed by atoms with Gasteiger partial charge in [0.1, 0.15) is 0 Å². The molecule has 0 amide bonds. The Kier molecular flexibility index (Phi) is 8.41. The van der Waals surface area contributed by atoms with Crippen molar-refractivity contribution in [3.63, 3.8) is 0 Å². The number of carbonyl (C=O) groups excluding carboxylic acids is 1. The summed E-state index contributed by atoms with van der Waals surface area (Å²) in [6, 6.07) is 24.4. The Bertz CT molecular complexity index is 1330. The molecule has 4 aromatic rings. The summed E-state index contributed by atoms with van der Waals surface area (Å²) in [5.74, 6) is -0.0292. The summed E-state index contributed by atoms with van der Waals surface area (Å²) in [5, 5.41) is 14.6. The molecular weight excluding hydrogens is 505 g/mol. The quantitative estimate of drug-likeness (QED) is 0.0990. The van der Waals surface area contributed by atoms with Crippen LogP contribution in [0.5, 0.6) is 0 Å². The highest BCUT2D eigenvalue weighted by Crippen LogP contribution is 2.32. The molecule has 0 aliphatic carbocycles. The molecule has 1 heterocycles. The number of aromatic nitrogens is 3. The van der Waals surface area contributed by atoms with E-state index in [-0.39, 0.29) is 11.7 Å². The topological polar surface area (TPSA) is 81.4 Å². The average Bonchev–Trinajstić information content (AvgIpc) is 3.24. The number of hydrazone groups is 1. The van der Waals surface area contributed by atoms with E-state index in [0.29, 0.717) is 33.1 Å². The van der Waals surface area contributed by atoms with E-state index >= 15 is 0 Å². The van der Waals surface area contributed by atoms with Crippen LogP contribution in [0.25, 0.3) is 11.4 Å². The Labute approximate surface area is 217 Å². The van der Waals surface area contributed by atoms with Gasteiger partial charge in [0.15, 0.2) is 11.0 Å². The van der Waals surface area contributed by atoms with Crippen LogP contribution in [0.4, 0.5) is 5.69 Å². The lowest BCUT2D eigenvalue weighted by molar-refractivity contribution is -0.134. The average molecular weight is 526 g/mol. The van der Waals surface area contributed by atoms with Crippen molar-refractivity contribution >= 4 is 51.7 Å². The van der Waals surface area contributed by atoms with E-state index in [9.17, 15) is 4.79 Å². The number of thioether (sulfide) groups is 1. The number of rotatable bonds is 7. The van der Waals surface area contributed by atoms with E-state index < -0.39 is 5.97 Å². The van der Waals surface area contributed by atoms with Crippen molar-refractivity contribution in [2.24, 2.45) is 5.10 Å². The largest absolute Gasteiger partial charge is 0.461 e. The van der Waals surface area contributed by atoms with E-state index in [2.05, 4.69) is 20.7 Å². The molecule has 0 atom stereocenters. The maximum atomic E-state index is 12.7. The van der Waals surface area contributed by atoms with Crippen molar-refractivity contribution in [3.8, 4) is 11.4 Å². The zero-order valence-corrected chi connectivity index (χ0v) is 21.0. The molecule has 1 aromatic heterocycles. The lowest BCUT2D eigenvalue weighted by atomic mass is 10.2. The molecule has 0 unspecified atom stereocenters. The molecule has 3 aromatic carbocycles. The number of nitrogens with one attached hydrogen (secondary N) is 1. The first-order chi connectivity index (χ1) is 17.0. The molecule has 7 nitrogen and oxygen atoms in total. The Hall–Kier alpha value is -3.33. The smallest absolute Gasteiger partial charge is 0.365 e. The highest BCUT2D eigenvalue weighted by molar-refractivity contribution is 8.15. The van der Waals surface area contributed by atoms with Crippen LogP contribution in [-0.4, -0.2) is 32.4 Å². The highest BCUT2D eigenvalue weighted by Gasteiger charge is 2.23. The monoisotopic (exact) mass is 525 g/mol. The van der Waals surface area contributed by atoms with Crippen LogP contribution in [0.2, 0.25) is 10.0 Å². The fourth-order valence-electron chi connectivity index (χ4n) is 3.16. The van der Waals surface area contributed by atoms with Gasteiger partial charge in [0.25, 0.3) is 0 Å². The summed E-state index contributed by atoms with van der Waals surface area (Å²) in [6.45, 7) is 2.40. The van der Waals surface area contributed by atoms with Crippen molar-refractivity contribution in [1.29, 1.82) is 0 Å². The Morgan fingerprint density at radius 1 is 1.03 bits per heavy atom. The summed E-state index contributed by atoms with van der Waals surface area (Å²) >= 11 is 13.6. The molecule has 0 saturated heterocycles. The van der Waals surface area contributed by atoms with Gasteiger partial charge in [0, 0.05) is 10.6 Å². The van der Waals surface area contributed by atoms with Crippen molar-refractivity contribution in [2.75, 3.05) is 12.0 Å². The third kappa shape index (κ3) is 6.42. The number of benzene rings is 3. The molecule has 0 saturated carbocycles. The summed E-state index contributed by atoms with van der Waals surface area (Å²) in [5.41, 5.74) is 5.33. The van der Waals surface area contributed by atoms with Crippen molar-refractivity contribution in [3.05, 3.63) is 94.5 Å². The van der Waals surface area contributed by atoms with Crippen LogP contribution < -0.4 is 5.43 Å². The maximum Gasteiger partial charge on any atom is 0.365 e. The van der Waals surface area contributed by atoms with Gasteiger partial charge in [-0.1, -0.05) is 71.7 Å². The van der Waals surface area contributed by atoms with E-state index in [4.69, 9.17) is 27.9 Å². The molecule has 1 N–H and O–H groups in total. The van der Waals surface area contributed by atoms with E-state index in [1.54, 1.807) is 25.1 Å². The molecule has 4 rings (SSSR count). The van der Waals surface area contributed by atoms with Gasteiger partial charge < -0.3 is 4.74 Å². The van der Waals surface area contributed by atoms with Gasteiger partial charge in [-0.05, 0) is 54.6 Å². The van der Waals surface area contributed by atoms with Crippen LogP contribution in [0, 0.1) is 0 Å². The minimum Gasteiger partial charge on any atom is -0.461 e. The number of ether oxygens (including phenoxy) is 1. The number of halogens is 2. The number of nitrogens with zero attached hydrogens (tertiary/aromatic N) is 4. The third-order valence-corrected chi connectivity index (χ3v) is 6.25. The third-order valence-electron chi connectivity index (χ3n) is 4.77. The molecule has 10 heteroatoms. The number of carbonyl (C=O) groups is 1. The number of hydrogen-bond donors (Lipinski definition) is 1. The van der Waals surface area contributed by atoms with Crippen LogP contribution in [0.1, 0.15) is 12.5 Å². The Morgan fingerprint density at radius 3 is 2.43 bits per heavy atom. The zero-order valence-electron chi connectivity index (χ0n) is 18.7. The normalized spacial score (nSPS) is 11.3. The van der Waals surface area contributed by atoms with Crippen LogP contribution in [-0.2, 0) is 16.1 Å². The van der Waals surface area contributed by atoms with E-state index in [1.807, 2.05) is 65.2 Å². The van der Waals surface area contributed by atoms with E-state index in [1.165, 1.54) is 0 Å². The number of esters is 1. The van der Waals surface area contributed by atoms with Gasteiger partial charge in [-0.3, -0.25) is 9.99 Å². The second kappa shape index (κ2) is 11.9. The number of para-hydroxylation sites is 1. The summed E-state index contributed by atoms with van der Waals surface area (Å²) in [4.78, 5) is 12.7. The van der Waals surface area contributed by atoms with Crippen molar-refractivity contribution in [2.45, 2.75) is 18.6 Å². The minimum absolute atomic E-state index is 0.0890. The molecular formula is C25H21Cl2N5O2S. The molecule has 0 bridgehead atoms. The molecule has 178 valence electrons. The summed E-state index contributed by atoms with van der Waals surface area (Å²) in [6.07, 6.45) is 0. The minimum atomic E-state index is -0.568. The van der Waals surface area contributed by atoms with Gasteiger partial charge in [0.05, 0.1) is 23.9 Å². The molecule has 0 aliphatic heterocycles. The fraction of sp³-hybridized carbons (Fsp3) is 0.120. The van der Waals surface area contributed by atoms with Gasteiger partial charge in [-0.2, -0.15) is 5.10 Å². The van der Waals surface area contributed by atoms with E-state index in [0.717, 1.165) is 23.0 Å². The zero-order chi connectivity index (χ0) is 24.6. The van der Waals surface area contributed by atoms with Gasteiger partial charge in [-0.25, -0.2) is 4.79 Å². The highest BCUT2D eigenvalue weighted by atomic mass is 35.5. The second-order valence-electron chi connectivity index (χ2n) is 7.22. The molecule has 0 radical (unpaired) electrons. The lowest BCUT2D eigenvalue weighted by Gasteiger charge is -2.12. The second-order valence-corrected chi connectivity index (χ2v) is 9.02. The SMILES string of the molecule is CCOC(=O)C(=NNc1ccccc1)Sc1nnc(-c2ccc(Cl)cc2Cl)n1Cc1ccccc1. The molecule has 0 aliphatic rings. The van der Waals surface area contributed by atoms with Crippen LogP contribution >= 0.6 is 35.0 Å². The fourth-order valence-corrected chi connectivity index (χ4v) is 4.40. The number of hydrogen-bond acceptors (Lipinski definition) is 7. The first-order valence-electron chi connectivity index (χ1n) is 10.7. The molecule has 35 heavy (non-hydrogen) atoms. The Morgan fingerprint density at radius 2 is 1.74 bits per heavy atom. The summed E-state index contributed by atoms with van der Waals surface area (Å²) < 4.78 is 7.10. The Balaban J connectivity index is 1.73. The van der Waals surface area contributed by atoms with Crippen molar-refractivity contribution < 1.29 is 9.53 Å². The predicted molar refractivity (Wildman–Crippen MR) is 141 cm³/mol. The standard InChI is InChI=1S/C25H21Cl2N5O2S/c1-2-34-24(33)23(30-28-19-11-7-4-8-12-19)35-25-31-29-22(20-14-13-18(26)15-21(20)27)32(25)16-17-9-5-3-6-10-17/h3-15,28H,2,16H2,1H3. The molecule has 0 fully saturated rings. The molecule has 0 spiro atoms. The first kappa shape index (κ1) is 24.8. The lowest BCUT2D eigenvalue weighted by Crippen LogP contribution is -2.17. The van der Waals surface area contributed by atoms with Gasteiger partial charge >= 0.3 is 5.97 Å². The summed E-state index contributed by atoms with van der Waals surface area (Å²) in [7, 11) is 0. The number of anilines is 1. The van der Waals surface area contributed by atoms with Gasteiger partial charge in [0.2, 0.25) is 5.04 Å². The van der Waals surface area contributed by atoms with Gasteiger partial charge in [-0.15, -0.1) is 10.2 Å². The van der Waals surface area contributed by atoms with Crippen LogP contribution in [0.3, 0.4) is 0 Å². The first-order valence-corrected chi connectivity index (χ1v) is 12.3. The maximum absolute atomic E-state index is 12.7. The predicted octanol–water partition coefficient (Wildman–Crippen LogP) is 6.38. The van der Waals surface area contributed by atoms with Crippen LogP contribution in [0.15, 0.2) is 89.1 Å². The van der Waals surface area contributed by atoms with Crippen molar-refractivity contribution in [1.82, 2.24) is 14.8 Å².